The first-order valence-corrected chi connectivity index (χ1v) is 7.90. The minimum absolute atomic E-state index is 0. The molecule has 0 aliphatic rings. The molecule has 3 N–H and O–H groups in total. The van der Waals surface area contributed by atoms with E-state index in [1.165, 1.54) is 5.56 Å². The van der Waals surface area contributed by atoms with E-state index in [-0.39, 0.29) is 23.7 Å². The van der Waals surface area contributed by atoms with E-state index in [0.717, 1.165) is 11.4 Å². The molecule has 0 aliphatic carbocycles. The molecule has 0 saturated carbocycles. The van der Waals surface area contributed by atoms with E-state index in [4.69, 9.17) is 5.73 Å². The topological polar surface area (TPSA) is 55.1 Å². The van der Waals surface area contributed by atoms with E-state index in [1.807, 2.05) is 30.5 Å². The molecule has 114 valence electrons. The molecule has 1 rings (SSSR count). The van der Waals surface area contributed by atoms with Crippen molar-refractivity contribution in [2.75, 3.05) is 17.3 Å². The van der Waals surface area contributed by atoms with Crippen LogP contribution < -0.4 is 11.1 Å². The third-order valence-corrected chi connectivity index (χ3v) is 3.63. The maximum Gasteiger partial charge on any atom is 0.241 e. The normalized spacial score (nSPS) is 12.4. The summed E-state index contributed by atoms with van der Waals surface area (Å²) in [5.41, 5.74) is 8.00. The molecule has 0 heterocycles. The quantitative estimate of drug-likeness (QED) is 0.875. The van der Waals surface area contributed by atoms with E-state index in [2.05, 4.69) is 26.1 Å². The first kappa shape index (κ1) is 19.3. The third-order valence-electron chi connectivity index (χ3n) is 2.99. The molecule has 0 fully saturated rings. The number of hydrogen-bond donors (Lipinski definition) is 2. The highest BCUT2D eigenvalue weighted by molar-refractivity contribution is 7.98. The van der Waals surface area contributed by atoms with Crippen molar-refractivity contribution < 1.29 is 4.79 Å². The van der Waals surface area contributed by atoms with Crippen LogP contribution in [0.5, 0.6) is 0 Å². The molecular weight excluding hydrogens is 292 g/mol. The van der Waals surface area contributed by atoms with Crippen molar-refractivity contribution in [2.24, 2.45) is 5.73 Å². The van der Waals surface area contributed by atoms with Gasteiger partial charge in [0.25, 0.3) is 0 Å². The number of carbonyl (C=O) groups excluding carboxylic acids is 1. The lowest BCUT2D eigenvalue weighted by molar-refractivity contribution is -0.117. The Hall–Kier alpha value is -0.710. The van der Waals surface area contributed by atoms with Crippen molar-refractivity contribution >= 4 is 35.8 Å². The number of amides is 1. The average Bonchev–Trinajstić information content (AvgIpc) is 2.35. The number of halogens is 1. The summed E-state index contributed by atoms with van der Waals surface area (Å²) in [7, 11) is 0. The lowest BCUT2D eigenvalue weighted by Gasteiger charge is -2.19. The Morgan fingerprint density at radius 1 is 1.30 bits per heavy atom. The van der Waals surface area contributed by atoms with Gasteiger partial charge < -0.3 is 11.1 Å². The number of carbonyl (C=O) groups is 1. The minimum Gasteiger partial charge on any atom is -0.325 e. The summed E-state index contributed by atoms with van der Waals surface area (Å²) in [5, 5.41) is 2.86. The predicted molar refractivity (Wildman–Crippen MR) is 92.0 cm³/mol. The lowest BCUT2D eigenvalue weighted by atomic mass is 9.87. The number of thioether (sulfide) groups is 1. The molecule has 0 saturated heterocycles. The van der Waals surface area contributed by atoms with E-state index in [0.29, 0.717) is 6.42 Å². The second kappa shape index (κ2) is 8.55. The molecule has 1 unspecified atom stereocenters. The van der Waals surface area contributed by atoms with Gasteiger partial charge in [-0.25, -0.2) is 0 Å². The molecule has 0 spiro atoms. The van der Waals surface area contributed by atoms with Crippen molar-refractivity contribution in [3.8, 4) is 0 Å². The van der Waals surface area contributed by atoms with Gasteiger partial charge in [-0.1, -0.05) is 32.9 Å². The van der Waals surface area contributed by atoms with Gasteiger partial charge in [-0.05, 0) is 41.5 Å². The lowest BCUT2D eigenvalue weighted by Crippen LogP contribution is -2.36. The fraction of sp³-hybridized carbons (Fsp3) is 0.533. The predicted octanol–water partition coefficient (Wildman–Crippen LogP) is 3.42. The standard InChI is InChI=1S/C15H24N2OS.ClH/c1-15(2,3)11-5-7-12(8-6-11)17-14(18)13(16)9-10-19-4;/h5-8,13H,9-10,16H2,1-4H3,(H,17,18);1H. The van der Waals surface area contributed by atoms with Gasteiger partial charge in [0.05, 0.1) is 6.04 Å². The van der Waals surface area contributed by atoms with Gasteiger partial charge in [-0.3, -0.25) is 4.79 Å². The molecule has 0 bridgehead atoms. The van der Waals surface area contributed by atoms with Crippen molar-refractivity contribution in [1.29, 1.82) is 0 Å². The molecule has 0 aromatic heterocycles. The number of nitrogens with two attached hydrogens (primary N) is 1. The van der Waals surface area contributed by atoms with Crippen LogP contribution in [0.25, 0.3) is 0 Å². The summed E-state index contributed by atoms with van der Waals surface area (Å²) in [4.78, 5) is 11.9. The van der Waals surface area contributed by atoms with Gasteiger partial charge >= 0.3 is 0 Å². The van der Waals surface area contributed by atoms with Crippen LogP contribution in [-0.4, -0.2) is 24.0 Å². The van der Waals surface area contributed by atoms with Gasteiger partial charge in [0.15, 0.2) is 0 Å². The molecule has 0 radical (unpaired) electrons. The Morgan fingerprint density at radius 2 is 1.85 bits per heavy atom. The van der Waals surface area contributed by atoms with Crippen LogP contribution in [0, 0.1) is 0 Å². The largest absolute Gasteiger partial charge is 0.325 e. The maximum absolute atomic E-state index is 11.9. The van der Waals surface area contributed by atoms with Gasteiger partial charge in [0, 0.05) is 5.69 Å². The molecule has 20 heavy (non-hydrogen) atoms. The second-order valence-corrected chi connectivity index (χ2v) is 6.69. The molecule has 1 aromatic carbocycles. The van der Waals surface area contributed by atoms with Gasteiger partial charge in [0.1, 0.15) is 0 Å². The van der Waals surface area contributed by atoms with E-state index >= 15 is 0 Å². The van der Waals surface area contributed by atoms with Crippen LogP contribution in [0.1, 0.15) is 32.8 Å². The van der Waals surface area contributed by atoms with Gasteiger partial charge in [-0.15, -0.1) is 12.4 Å². The Balaban J connectivity index is 0.00000361. The van der Waals surface area contributed by atoms with Crippen LogP contribution in [0.3, 0.4) is 0 Å². The first-order valence-electron chi connectivity index (χ1n) is 6.50. The zero-order chi connectivity index (χ0) is 14.5. The molecule has 5 heteroatoms. The first-order chi connectivity index (χ1) is 8.84. The number of nitrogens with one attached hydrogen (secondary N) is 1. The van der Waals surface area contributed by atoms with Crippen LogP contribution >= 0.6 is 24.2 Å². The van der Waals surface area contributed by atoms with Crippen molar-refractivity contribution in [2.45, 2.75) is 38.6 Å². The van der Waals surface area contributed by atoms with Crippen LogP contribution in [-0.2, 0) is 10.2 Å². The smallest absolute Gasteiger partial charge is 0.241 e. The summed E-state index contributed by atoms with van der Waals surface area (Å²) in [6.07, 6.45) is 2.71. The molecule has 1 atom stereocenters. The molecule has 3 nitrogen and oxygen atoms in total. The van der Waals surface area contributed by atoms with Gasteiger partial charge in [-0.2, -0.15) is 11.8 Å². The summed E-state index contributed by atoms with van der Waals surface area (Å²) in [6.45, 7) is 6.50. The Morgan fingerprint density at radius 3 is 2.30 bits per heavy atom. The Labute approximate surface area is 132 Å². The SMILES string of the molecule is CSCCC(N)C(=O)Nc1ccc(C(C)(C)C)cc1.Cl. The van der Waals surface area contributed by atoms with Crippen molar-refractivity contribution in [3.05, 3.63) is 29.8 Å². The van der Waals surface area contributed by atoms with E-state index in [9.17, 15) is 4.79 Å². The fourth-order valence-electron chi connectivity index (χ4n) is 1.66. The highest BCUT2D eigenvalue weighted by atomic mass is 35.5. The van der Waals surface area contributed by atoms with Crippen molar-refractivity contribution in [1.82, 2.24) is 0 Å². The maximum atomic E-state index is 11.9. The summed E-state index contributed by atoms with van der Waals surface area (Å²) in [6, 6.07) is 7.51. The van der Waals surface area contributed by atoms with Crippen molar-refractivity contribution in [3.63, 3.8) is 0 Å². The number of benzene rings is 1. The zero-order valence-electron chi connectivity index (χ0n) is 12.6. The minimum atomic E-state index is -0.435. The van der Waals surface area contributed by atoms with Gasteiger partial charge in [0.2, 0.25) is 5.91 Å². The summed E-state index contributed by atoms with van der Waals surface area (Å²) < 4.78 is 0. The summed E-state index contributed by atoms with van der Waals surface area (Å²) in [5.74, 6) is 0.787. The highest BCUT2D eigenvalue weighted by Crippen LogP contribution is 2.23. The number of anilines is 1. The van der Waals surface area contributed by atoms with E-state index < -0.39 is 6.04 Å². The van der Waals surface area contributed by atoms with Crippen LogP contribution in [0.15, 0.2) is 24.3 Å². The average molecular weight is 317 g/mol. The molecule has 0 aliphatic heterocycles. The monoisotopic (exact) mass is 316 g/mol. The molecular formula is C15H25ClN2OS. The molecule has 1 aromatic rings. The Bertz CT molecular complexity index is 415. The number of rotatable bonds is 5. The molecule has 1 amide bonds. The second-order valence-electron chi connectivity index (χ2n) is 5.70. The third kappa shape index (κ3) is 6.16. The van der Waals surface area contributed by atoms with Crippen LogP contribution in [0.4, 0.5) is 5.69 Å². The summed E-state index contributed by atoms with van der Waals surface area (Å²) >= 11 is 1.70. The van der Waals surface area contributed by atoms with Crippen LogP contribution in [0.2, 0.25) is 0 Å². The fourth-order valence-corrected chi connectivity index (χ4v) is 2.15. The van der Waals surface area contributed by atoms with E-state index in [1.54, 1.807) is 11.8 Å². The highest BCUT2D eigenvalue weighted by Gasteiger charge is 2.15. The number of hydrogen-bond acceptors (Lipinski definition) is 3. The zero-order valence-corrected chi connectivity index (χ0v) is 14.2. The Kier molecular flexibility index (Phi) is 8.25.